The minimum atomic E-state index is -2.47. The molecular formula is C58H89NO16. The first-order valence-electron chi connectivity index (χ1n) is 27.7. The quantitative estimate of drug-likeness (QED) is 0.0853. The first-order chi connectivity index (χ1) is 35.9. The average Bonchev–Trinajstić information content (AvgIpc) is 3.37. The maximum absolute atomic E-state index is 14.8. The minimum absolute atomic E-state index is 0.0238. The lowest BCUT2D eigenvalue weighted by atomic mass is 9.68. The van der Waals surface area contributed by atoms with Crippen molar-refractivity contribution < 1.29 is 76.4 Å². The van der Waals surface area contributed by atoms with Gasteiger partial charge in [-0.1, -0.05) is 64.2 Å². The van der Waals surface area contributed by atoms with E-state index in [0.29, 0.717) is 83.6 Å². The first kappa shape index (κ1) is 60.7. The second-order valence-electron chi connectivity index (χ2n) is 22.2. The van der Waals surface area contributed by atoms with Gasteiger partial charge in [-0.3, -0.25) is 19.2 Å². The Morgan fingerprint density at radius 2 is 1.49 bits per heavy atom. The largest absolute Gasteiger partial charge is 0.460 e. The third-order valence-electron chi connectivity index (χ3n) is 16.8. The SMILES string of the molecule is COCCO[C@@H]1CC[C@@H](CC2[C@H]3CCCN4C(=O)C(=O)[C@]5(O)O[C@@H](CC[C@H]5C)C[C@H](OCCOC5COC5)/C(C)=C/C=C/C=C/[C@@H](C)C[C@@H](C)C(=O)[C@H](OC)[C@H](OC)/C(C)=C/[C@@H](C)C(=O)C[C@@H]2OC(=O)C34)C[C@H]1OC. The van der Waals surface area contributed by atoms with Gasteiger partial charge in [0.2, 0.25) is 5.79 Å². The minimum Gasteiger partial charge on any atom is -0.460 e. The summed E-state index contributed by atoms with van der Waals surface area (Å²) in [5.74, 6) is -7.97. The van der Waals surface area contributed by atoms with Crippen molar-refractivity contribution in [3.63, 3.8) is 0 Å². The van der Waals surface area contributed by atoms with Crippen LogP contribution in [0.15, 0.2) is 47.6 Å². The van der Waals surface area contributed by atoms with Crippen LogP contribution in [0.1, 0.15) is 112 Å². The van der Waals surface area contributed by atoms with Crippen LogP contribution in [0.3, 0.4) is 0 Å². The number of hydrogen-bond donors (Lipinski definition) is 1. The van der Waals surface area contributed by atoms with E-state index in [1.54, 1.807) is 34.1 Å². The monoisotopic (exact) mass is 1060 g/mol. The summed E-state index contributed by atoms with van der Waals surface area (Å²) in [7, 11) is 6.32. The number of fused-ring (bicyclic) bond motifs is 4. The fraction of sp³-hybridized carbons (Fsp3) is 0.776. The molecule has 0 aromatic carbocycles. The summed E-state index contributed by atoms with van der Waals surface area (Å²) in [4.78, 5) is 73.8. The van der Waals surface area contributed by atoms with E-state index in [9.17, 15) is 29.1 Å². The van der Waals surface area contributed by atoms with Crippen LogP contribution >= 0.6 is 0 Å². The van der Waals surface area contributed by atoms with Crippen LogP contribution in [0.2, 0.25) is 0 Å². The lowest BCUT2D eigenvalue weighted by Crippen LogP contribution is -2.65. The van der Waals surface area contributed by atoms with Crippen LogP contribution in [0.4, 0.5) is 0 Å². The number of rotatable bonds is 14. The van der Waals surface area contributed by atoms with Crippen LogP contribution in [-0.4, -0.2) is 175 Å². The molecule has 17 nitrogen and oxygen atoms in total. The summed E-state index contributed by atoms with van der Waals surface area (Å²) in [5.41, 5.74) is 1.53. The molecule has 1 saturated carbocycles. The third kappa shape index (κ3) is 15.6. The molecule has 16 atom stereocenters. The number of carbonyl (C=O) groups excluding carboxylic acids is 5. The van der Waals surface area contributed by atoms with Gasteiger partial charge in [0.15, 0.2) is 5.78 Å². The maximum atomic E-state index is 14.8. The lowest BCUT2D eigenvalue weighted by molar-refractivity contribution is -0.266. The van der Waals surface area contributed by atoms with Gasteiger partial charge >= 0.3 is 5.97 Å². The number of ketones is 3. The molecule has 6 aliphatic rings. The summed E-state index contributed by atoms with van der Waals surface area (Å²) in [6, 6.07) is -1.12. The number of allylic oxidation sites excluding steroid dienone is 6. The standard InChI is InChI=1S/C58H89NO16/c1-35-15-12-11-13-16-36(2)48(73-26-25-71-43-33-70-34-43)31-42-20-18-40(6)58(65,75-42)55(62)56(63)59-22-14-17-44-45(29-41-19-21-47(50(30-41)67-8)72-24-23-66-7)49(74-57(64)51(44)59)32-46(60)37(3)28-39(5)53(68-9)54(69-10)52(61)38(4)27-35/h11-13,15-16,28,35,37-38,40-45,47-51,53-54,65H,14,17-27,29-34H2,1-10H3/b13-11+,15-12+,36-16+,39-28+/t35-,37-,38-,40-,41+,42+,44-,45?,47-,48+,49+,50-,51?,53-,54+,58-/m1/s1. The molecule has 5 heterocycles. The van der Waals surface area contributed by atoms with Gasteiger partial charge < -0.3 is 57.4 Å². The predicted molar refractivity (Wildman–Crippen MR) is 278 cm³/mol. The Morgan fingerprint density at radius 1 is 0.760 bits per heavy atom. The molecule has 75 heavy (non-hydrogen) atoms. The number of carbonyl (C=O) groups is 5. The van der Waals surface area contributed by atoms with Crippen LogP contribution in [-0.2, 0) is 71.3 Å². The van der Waals surface area contributed by atoms with Gasteiger partial charge in [-0.2, -0.15) is 0 Å². The number of Topliss-reactive ketones (excluding diaryl/α,β-unsaturated/α-hetero) is 3. The van der Waals surface area contributed by atoms with E-state index < -0.39 is 77.8 Å². The second-order valence-corrected chi connectivity index (χ2v) is 22.2. The number of aliphatic hydroxyl groups is 1. The number of methoxy groups -OCH3 is 4. The summed E-state index contributed by atoms with van der Waals surface area (Å²) < 4.78 is 59.4. The van der Waals surface area contributed by atoms with Gasteiger partial charge in [0.1, 0.15) is 36.2 Å². The molecule has 0 aromatic heterocycles. The van der Waals surface area contributed by atoms with Crippen molar-refractivity contribution in [3.8, 4) is 0 Å². The van der Waals surface area contributed by atoms with Crippen molar-refractivity contribution in [2.75, 3.05) is 74.6 Å². The van der Waals surface area contributed by atoms with Crippen LogP contribution in [0.25, 0.3) is 0 Å². The summed E-state index contributed by atoms with van der Waals surface area (Å²) in [5, 5.41) is 12.3. The van der Waals surface area contributed by atoms with E-state index >= 15 is 0 Å². The molecule has 4 bridgehead atoms. The molecule has 1 amide bonds. The van der Waals surface area contributed by atoms with Crippen LogP contribution < -0.4 is 0 Å². The van der Waals surface area contributed by atoms with Crippen molar-refractivity contribution in [2.45, 2.75) is 173 Å². The summed E-state index contributed by atoms with van der Waals surface area (Å²) in [6.45, 7) is 13.9. The van der Waals surface area contributed by atoms with E-state index in [2.05, 4.69) is 6.92 Å². The topological polar surface area (TPSA) is 201 Å². The number of esters is 1. The maximum Gasteiger partial charge on any atom is 0.329 e. The lowest BCUT2D eigenvalue weighted by Gasteiger charge is -2.50. The number of nitrogens with zero attached hydrogens (tertiary/aromatic N) is 1. The van der Waals surface area contributed by atoms with Crippen molar-refractivity contribution in [3.05, 3.63) is 47.6 Å². The first-order valence-corrected chi connectivity index (χ1v) is 27.7. The van der Waals surface area contributed by atoms with E-state index in [1.807, 2.05) is 51.2 Å². The number of ether oxygens (including phenoxy) is 10. The van der Waals surface area contributed by atoms with Gasteiger partial charge in [0.25, 0.3) is 11.7 Å². The molecule has 1 aliphatic carbocycles. The molecule has 6 rings (SSSR count). The highest BCUT2D eigenvalue weighted by atomic mass is 16.6. The second kappa shape index (κ2) is 28.9. The molecule has 0 radical (unpaired) electrons. The van der Waals surface area contributed by atoms with Gasteiger partial charge in [0.05, 0.1) is 64.1 Å². The van der Waals surface area contributed by atoms with E-state index in [1.165, 1.54) is 19.1 Å². The molecule has 4 saturated heterocycles. The molecule has 0 spiro atoms. The highest BCUT2D eigenvalue weighted by Crippen LogP contribution is 2.46. The molecule has 5 fully saturated rings. The van der Waals surface area contributed by atoms with Crippen LogP contribution in [0.5, 0.6) is 0 Å². The van der Waals surface area contributed by atoms with Crippen molar-refractivity contribution in [1.29, 1.82) is 0 Å². The highest BCUT2D eigenvalue weighted by Gasteiger charge is 2.57. The fourth-order valence-corrected chi connectivity index (χ4v) is 12.3. The Labute approximate surface area is 445 Å². The van der Waals surface area contributed by atoms with Gasteiger partial charge in [-0.05, 0) is 101 Å². The zero-order chi connectivity index (χ0) is 54.4. The molecule has 5 aliphatic heterocycles. The van der Waals surface area contributed by atoms with Crippen molar-refractivity contribution >= 4 is 29.2 Å². The van der Waals surface area contributed by atoms with Crippen molar-refractivity contribution in [2.24, 2.45) is 41.4 Å². The van der Waals surface area contributed by atoms with Gasteiger partial charge in [-0.25, -0.2) is 4.79 Å². The Kier molecular flexibility index (Phi) is 23.4. The smallest absolute Gasteiger partial charge is 0.329 e. The fourth-order valence-electron chi connectivity index (χ4n) is 12.3. The third-order valence-corrected chi connectivity index (χ3v) is 16.8. The zero-order valence-electron chi connectivity index (χ0n) is 46.4. The Bertz CT molecular complexity index is 2030. The summed E-state index contributed by atoms with van der Waals surface area (Å²) in [6.07, 6.45) is 13.1. The Morgan fingerprint density at radius 3 is 2.19 bits per heavy atom. The van der Waals surface area contributed by atoms with E-state index in [4.69, 9.17) is 47.4 Å². The molecule has 0 aromatic rings. The Balaban J connectivity index is 1.33. The van der Waals surface area contributed by atoms with Gasteiger partial charge in [-0.15, -0.1) is 0 Å². The normalized spacial score (nSPS) is 39.7. The molecule has 1 N–H and O–H groups in total. The van der Waals surface area contributed by atoms with E-state index in [-0.39, 0.29) is 79.5 Å². The van der Waals surface area contributed by atoms with Crippen molar-refractivity contribution in [1.82, 2.24) is 4.90 Å². The molecule has 2 unspecified atom stereocenters. The molecular weight excluding hydrogens is 967 g/mol. The number of piperidine rings is 1. The van der Waals surface area contributed by atoms with Gasteiger partial charge in [0, 0.05) is 71.5 Å². The Hall–Kier alpha value is -3.49. The highest BCUT2D eigenvalue weighted by molar-refractivity contribution is 6.39. The average molecular weight is 1060 g/mol. The molecule has 17 heteroatoms. The number of amides is 1. The summed E-state index contributed by atoms with van der Waals surface area (Å²) >= 11 is 0. The zero-order valence-corrected chi connectivity index (χ0v) is 46.4. The van der Waals surface area contributed by atoms with E-state index in [0.717, 1.165) is 18.4 Å². The predicted octanol–water partition coefficient (Wildman–Crippen LogP) is 6.51. The number of hydrogen-bond acceptors (Lipinski definition) is 16. The van der Waals surface area contributed by atoms with Crippen LogP contribution in [0, 0.1) is 41.4 Å². The molecule has 422 valence electrons.